The zero-order valence-electron chi connectivity index (χ0n) is 12.6. The largest absolute Gasteiger partial charge is 0.351 e. The molecule has 0 radical (unpaired) electrons. The van der Waals surface area contributed by atoms with Crippen molar-refractivity contribution >= 4 is 15.9 Å². The van der Waals surface area contributed by atoms with E-state index in [0.29, 0.717) is 0 Å². The Hall–Kier alpha value is -1.47. The molecule has 1 aromatic rings. The van der Waals surface area contributed by atoms with Crippen LogP contribution in [0.15, 0.2) is 24.3 Å². The lowest BCUT2D eigenvalue weighted by Crippen LogP contribution is -2.43. The van der Waals surface area contributed by atoms with Crippen LogP contribution in [0.1, 0.15) is 36.0 Å². The van der Waals surface area contributed by atoms with Crippen molar-refractivity contribution < 1.29 is 17.6 Å². The number of hydrogen-bond acceptors (Lipinski definition) is 3. The molecule has 122 valence electrons. The van der Waals surface area contributed by atoms with E-state index in [2.05, 4.69) is 5.32 Å². The maximum atomic E-state index is 13.5. The Morgan fingerprint density at radius 2 is 1.95 bits per heavy atom. The van der Waals surface area contributed by atoms with Crippen molar-refractivity contribution in [1.82, 2.24) is 9.62 Å². The predicted octanol–water partition coefficient (Wildman–Crippen LogP) is 1.76. The van der Waals surface area contributed by atoms with Gasteiger partial charge in [-0.15, -0.1) is 0 Å². The van der Waals surface area contributed by atoms with Gasteiger partial charge in [0.1, 0.15) is 5.82 Å². The number of nitrogens with zero attached hydrogens (tertiary/aromatic N) is 1. The third-order valence-corrected chi connectivity index (χ3v) is 5.23. The highest BCUT2D eigenvalue weighted by Crippen LogP contribution is 2.24. The minimum absolute atomic E-state index is 0.0142. The van der Waals surface area contributed by atoms with Crippen LogP contribution < -0.4 is 5.32 Å². The summed E-state index contributed by atoms with van der Waals surface area (Å²) < 4.78 is 38.7. The van der Waals surface area contributed by atoms with Gasteiger partial charge in [-0.2, -0.15) is 4.31 Å². The van der Waals surface area contributed by atoms with Crippen LogP contribution in [-0.4, -0.2) is 44.0 Å². The fraction of sp³-hybridized carbons (Fsp3) is 0.533. The molecule has 0 aliphatic heterocycles. The zero-order chi connectivity index (χ0) is 16.2. The topological polar surface area (TPSA) is 66.5 Å². The Labute approximate surface area is 130 Å². The van der Waals surface area contributed by atoms with Crippen molar-refractivity contribution in [3.05, 3.63) is 35.6 Å². The van der Waals surface area contributed by atoms with Gasteiger partial charge in [0.2, 0.25) is 10.0 Å². The number of rotatable bonds is 6. The van der Waals surface area contributed by atoms with E-state index in [1.165, 1.54) is 28.8 Å². The molecule has 22 heavy (non-hydrogen) atoms. The fourth-order valence-corrected chi connectivity index (χ4v) is 4.01. The van der Waals surface area contributed by atoms with Crippen molar-refractivity contribution in [3.63, 3.8) is 0 Å². The standard InChI is InChI=1S/C15H21FN2O3S/c1-22(20,21)18(12-6-2-3-7-12)11-10-17-15(19)13-8-4-5-9-14(13)16/h4-5,8-9,12H,2-3,6-7,10-11H2,1H3,(H,17,19). The lowest BCUT2D eigenvalue weighted by molar-refractivity contribution is 0.0946. The summed E-state index contributed by atoms with van der Waals surface area (Å²) in [6.07, 6.45) is 4.95. The molecular weight excluding hydrogens is 307 g/mol. The molecule has 7 heteroatoms. The average molecular weight is 328 g/mol. The Balaban J connectivity index is 1.93. The summed E-state index contributed by atoms with van der Waals surface area (Å²) >= 11 is 0. The van der Waals surface area contributed by atoms with Crippen LogP contribution in [0.25, 0.3) is 0 Å². The van der Waals surface area contributed by atoms with Crippen molar-refractivity contribution in [2.24, 2.45) is 0 Å². The molecule has 0 heterocycles. The van der Waals surface area contributed by atoms with Gasteiger partial charge in [-0.25, -0.2) is 12.8 Å². The van der Waals surface area contributed by atoms with Crippen molar-refractivity contribution in [1.29, 1.82) is 0 Å². The molecule has 0 saturated heterocycles. The van der Waals surface area contributed by atoms with E-state index in [9.17, 15) is 17.6 Å². The van der Waals surface area contributed by atoms with Gasteiger partial charge in [-0.3, -0.25) is 4.79 Å². The summed E-state index contributed by atoms with van der Waals surface area (Å²) in [7, 11) is -3.31. The SMILES string of the molecule is CS(=O)(=O)N(CCNC(=O)c1ccccc1F)C1CCCC1. The number of carbonyl (C=O) groups is 1. The van der Waals surface area contributed by atoms with E-state index < -0.39 is 21.7 Å². The maximum Gasteiger partial charge on any atom is 0.254 e. The molecule has 1 aliphatic carbocycles. The van der Waals surface area contributed by atoms with Gasteiger partial charge in [0.05, 0.1) is 11.8 Å². The maximum absolute atomic E-state index is 13.5. The van der Waals surface area contributed by atoms with Crippen LogP contribution in [0.5, 0.6) is 0 Å². The van der Waals surface area contributed by atoms with Crippen molar-refractivity contribution in [2.45, 2.75) is 31.7 Å². The van der Waals surface area contributed by atoms with Gasteiger partial charge >= 0.3 is 0 Å². The third-order valence-electron chi connectivity index (χ3n) is 3.89. The number of halogens is 1. The molecule has 1 aromatic carbocycles. The number of amides is 1. The van der Waals surface area contributed by atoms with Crippen LogP contribution in [0.4, 0.5) is 4.39 Å². The first-order valence-electron chi connectivity index (χ1n) is 7.39. The van der Waals surface area contributed by atoms with Crippen LogP contribution in [0.2, 0.25) is 0 Å². The quantitative estimate of drug-likeness (QED) is 0.865. The summed E-state index contributed by atoms with van der Waals surface area (Å²) in [5, 5.41) is 2.58. The van der Waals surface area contributed by atoms with Crippen LogP contribution >= 0.6 is 0 Å². The smallest absolute Gasteiger partial charge is 0.254 e. The molecule has 2 rings (SSSR count). The van der Waals surface area contributed by atoms with Gasteiger partial charge in [0.25, 0.3) is 5.91 Å². The van der Waals surface area contributed by atoms with Crippen molar-refractivity contribution in [3.8, 4) is 0 Å². The highest BCUT2D eigenvalue weighted by atomic mass is 32.2. The summed E-state index contributed by atoms with van der Waals surface area (Å²) in [6.45, 7) is 0.375. The number of nitrogens with one attached hydrogen (secondary N) is 1. The van der Waals surface area contributed by atoms with E-state index >= 15 is 0 Å². The molecule has 0 unspecified atom stereocenters. The first kappa shape index (κ1) is 16.9. The molecule has 0 aromatic heterocycles. The first-order valence-corrected chi connectivity index (χ1v) is 9.24. The summed E-state index contributed by atoms with van der Waals surface area (Å²) in [6, 6.07) is 5.73. The second kappa shape index (κ2) is 7.19. The number of benzene rings is 1. The first-order chi connectivity index (χ1) is 10.4. The monoisotopic (exact) mass is 328 g/mol. The molecule has 1 N–H and O–H groups in total. The van der Waals surface area contributed by atoms with E-state index in [-0.39, 0.29) is 24.7 Å². The van der Waals surface area contributed by atoms with E-state index in [0.717, 1.165) is 25.7 Å². The molecule has 1 saturated carbocycles. The number of hydrogen-bond donors (Lipinski definition) is 1. The molecule has 1 amide bonds. The van der Waals surface area contributed by atoms with Gasteiger partial charge in [-0.05, 0) is 25.0 Å². The van der Waals surface area contributed by atoms with E-state index in [4.69, 9.17) is 0 Å². The molecule has 5 nitrogen and oxygen atoms in total. The number of sulfonamides is 1. The highest BCUT2D eigenvalue weighted by molar-refractivity contribution is 7.88. The predicted molar refractivity (Wildman–Crippen MR) is 82.5 cm³/mol. The molecular formula is C15H21FN2O3S. The normalized spacial score (nSPS) is 16.1. The van der Waals surface area contributed by atoms with Crippen LogP contribution in [-0.2, 0) is 10.0 Å². The Morgan fingerprint density at radius 3 is 2.55 bits per heavy atom. The third kappa shape index (κ3) is 4.27. The zero-order valence-corrected chi connectivity index (χ0v) is 13.4. The molecule has 1 aliphatic rings. The van der Waals surface area contributed by atoms with Gasteiger partial charge < -0.3 is 5.32 Å². The van der Waals surface area contributed by atoms with E-state index in [1.807, 2.05) is 0 Å². The minimum Gasteiger partial charge on any atom is -0.351 e. The summed E-state index contributed by atoms with van der Waals surface area (Å²) in [4.78, 5) is 11.9. The fourth-order valence-electron chi connectivity index (χ4n) is 2.83. The summed E-state index contributed by atoms with van der Waals surface area (Å²) in [5.74, 6) is -1.12. The average Bonchev–Trinajstić information content (AvgIpc) is 2.96. The Morgan fingerprint density at radius 1 is 1.32 bits per heavy atom. The minimum atomic E-state index is -3.31. The highest BCUT2D eigenvalue weighted by Gasteiger charge is 2.28. The molecule has 0 atom stereocenters. The van der Waals surface area contributed by atoms with Gasteiger partial charge in [0.15, 0.2) is 0 Å². The van der Waals surface area contributed by atoms with Crippen LogP contribution in [0, 0.1) is 5.82 Å². The molecule has 0 bridgehead atoms. The van der Waals surface area contributed by atoms with Crippen molar-refractivity contribution in [2.75, 3.05) is 19.3 Å². The number of carbonyl (C=O) groups excluding carboxylic acids is 1. The molecule has 1 fully saturated rings. The summed E-state index contributed by atoms with van der Waals surface area (Å²) in [5.41, 5.74) is -0.0331. The van der Waals surface area contributed by atoms with Gasteiger partial charge in [-0.1, -0.05) is 25.0 Å². The lowest BCUT2D eigenvalue weighted by Gasteiger charge is -2.26. The van der Waals surface area contributed by atoms with Crippen LogP contribution in [0.3, 0.4) is 0 Å². The Kier molecular flexibility index (Phi) is 5.52. The molecule has 0 spiro atoms. The van der Waals surface area contributed by atoms with E-state index in [1.54, 1.807) is 6.07 Å². The Bertz CT molecular complexity index is 627. The van der Waals surface area contributed by atoms with Gasteiger partial charge in [0, 0.05) is 19.1 Å². The second-order valence-corrected chi connectivity index (χ2v) is 7.48. The lowest BCUT2D eigenvalue weighted by atomic mass is 10.2. The second-order valence-electron chi connectivity index (χ2n) is 5.55.